The molecule has 3 heteroatoms. The molecular formula is C58H39N3. The number of hydrogen-bond acceptors (Lipinski definition) is 1. The molecule has 0 aliphatic carbocycles. The Morgan fingerprint density at radius 1 is 0.410 bits per heavy atom. The highest BCUT2D eigenvalue weighted by molar-refractivity contribution is 6.21. The maximum Gasteiger partial charge on any atom is 0.152 e. The van der Waals surface area contributed by atoms with Crippen LogP contribution >= 0.6 is 0 Å². The van der Waals surface area contributed by atoms with Gasteiger partial charge in [0.05, 0.1) is 16.7 Å². The van der Waals surface area contributed by atoms with Crippen LogP contribution < -0.4 is 0 Å². The number of nitrogens with zero attached hydrogens (tertiary/aromatic N) is 2. The van der Waals surface area contributed by atoms with Gasteiger partial charge in [-0.1, -0.05) is 176 Å². The van der Waals surface area contributed by atoms with Crippen molar-refractivity contribution in [2.24, 2.45) is 4.99 Å². The molecule has 3 nitrogen and oxygen atoms in total. The molecule has 11 rings (SSSR count). The molecule has 0 aliphatic rings. The van der Waals surface area contributed by atoms with Crippen molar-refractivity contribution in [3.63, 3.8) is 0 Å². The fraction of sp³-hybridized carbons (Fsp3) is 0. The molecule has 0 atom stereocenters. The first-order valence-corrected chi connectivity index (χ1v) is 20.7. The molecular weight excluding hydrogens is 739 g/mol. The van der Waals surface area contributed by atoms with E-state index in [1.54, 1.807) is 0 Å². The number of nitrogens with one attached hydrogen (secondary N) is 1. The number of rotatable bonds is 7. The van der Waals surface area contributed by atoms with Crippen LogP contribution in [0.1, 0.15) is 16.7 Å². The van der Waals surface area contributed by atoms with Crippen molar-refractivity contribution in [3.8, 4) is 27.9 Å². The van der Waals surface area contributed by atoms with E-state index in [2.05, 4.69) is 199 Å². The number of aromatic nitrogens is 1. The van der Waals surface area contributed by atoms with Crippen LogP contribution in [0.25, 0.3) is 88.1 Å². The second kappa shape index (κ2) is 15.2. The number of amidine groups is 1. The van der Waals surface area contributed by atoms with Crippen molar-refractivity contribution in [1.29, 1.82) is 5.41 Å². The van der Waals surface area contributed by atoms with Crippen LogP contribution in [-0.2, 0) is 0 Å². The van der Waals surface area contributed by atoms with Crippen LogP contribution in [-0.4, -0.2) is 16.1 Å². The number of allylic oxidation sites excluding steroid dienone is 1. The highest BCUT2D eigenvalue weighted by Gasteiger charge is 2.16. The van der Waals surface area contributed by atoms with Gasteiger partial charge in [0.15, 0.2) is 5.84 Å². The van der Waals surface area contributed by atoms with Gasteiger partial charge in [-0.2, -0.15) is 0 Å². The highest BCUT2D eigenvalue weighted by atomic mass is 15.0. The lowest BCUT2D eigenvalue weighted by Gasteiger charge is -2.15. The molecule has 0 amide bonds. The Hall–Kier alpha value is -8.14. The first-order chi connectivity index (χ1) is 30.2. The Labute approximate surface area is 354 Å². The van der Waals surface area contributed by atoms with Crippen molar-refractivity contribution in [2.75, 3.05) is 0 Å². The summed E-state index contributed by atoms with van der Waals surface area (Å²) in [6.07, 6.45) is 4.17. The molecule has 0 radical (unpaired) electrons. The summed E-state index contributed by atoms with van der Waals surface area (Å²) in [5.41, 5.74) is 11.6. The summed E-state index contributed by atoms with van der Waals surface area (Å²) in [6, 6.07) is 77.2. The maximum absolute atomic E-state index is 9.06. The molecule has 0 aliphatic heterocycles. The lowest BCUT2D eigenvalue weighted by atomic mass is 9.89. The summed E-state index contributed by atoms with van der Waals surface area (Å²) >= 11 is 0. The molecule has 0 spiro atoms. The minimum atomic E-state index is 0.214. The molecule has 0 saturated carbocycles. The second-order valence-electron chi connectivity index (χ2n) is 15.5. The van der Waals surface area contributed by atoms with Crippen LogP contribution in [0.5, 0.6) is 0 Å². The van der Waals surface area contributed by atoms with Crippen LogP contribution in [0.2, 0.25) is 0 Å². The fourth-order valence-electron chi connectivity index (χ4n) is 8.95. The first kappa shape index (κ1) is 36.0. The normalized spacial score (nSPS) is 12.0. The van der Waals surface area contributed by atoms with Gasteiger partial charge in [0.1, 0.15) is 0 Å². The SMILES string of the molecule is N=C(N=C(/C=C/c1cccc(-c2cccc(-c3c4ccccc4cc4c3ccc3ccccc34)c2)c1)c1ccc2c(c1)c1ccccc1n2-c1ccccc1)c1ccccc1. The lowest BCUT2D eigenvalue weighted by molar-refractivity contribution is 1.18. The van der Waals surface area contributed by atoms with Crippen LogP contribution in [0.4, 0.5) is 0 Å². The predicted octanol–water partition coefficient (Wildman–Crippen LogP) is 15.1. The molecule has 1 N–H and O–H groups in total. The summed E-state index contributed by atoms with van der Waals surface area (Å²) in [5, 5.41) is 18.9. The summed E-state index contributed by atoms with van der Waals surface area (Å²) < 4.78 is 2.32. The molecule has 0 bridgehead atoms. The third-order valence-electron chi connectivity index (χ3n) is 11.8. The van der Waals surface area contributed by atoms with Crippen molar-refractivity contribution >= 4 is 71.7 Å². The van der Waals surface area contributed by atoms with Crippen molar-refractivity contribution < 1.29 is 0 Å². The van der Waals surface area contributed by atoms with Gasteiger partial charge in [-0.05, 0) is 115 Å². The van der Waals surface area contributed by atoms with Crippen LogP contribution in [0.3, 0.4) is 0 Å². The highest BCUT2D eigenvalue weighted by Crippen LogP contribution is 2.40. The van der Waals surface area contributed by atoms with E-state index in [0.29, 0.717) is 0 Å². The average Bonchev–Trinajstić information content (AvgIpc) is 3.66. The smallest absolute Gasteiger partial charge is 0.152 e. The van der Waals surface area contributed by atoms with E-state index >= 15 is 0 Å². The third kappa shape index (κ3) is 6.59. The van der Waals surface area contributed by atoms with E-state index in [-0.39, 0.29) is 5.84 Å². The molecule has 0 unspecified atom stereocenters. The van der Waals surface area contributed by atoms with Crippen molar-refractivity contribution in [2.45, 2.75) is 0 Å². The monoisotopic (exact) mass is 777 g/mol. The lowest BCUT2D eigenvalue weighted by Crippen LogP contribution is -2.04. The minimum absolute atomic E-state index is 0.214. The number of para-hydroxylation sites is 2. The van der Waals surface area contributed by atoms with E-state index in [0.717, 1.165) is 55.6 Å². The molecule has 10 aromatic carbocycles. The number of benzene rings is 10. The van der Waals surface area contributed by atoms with E-state index in [9.17, 15) is 0 Å². The molecule has 0 fully saturated rings. The van der Waals surface area contributed by atoms with Gasteiger partial charge in [-0.3, -0.25) is 5.41 Å². The Morgan fingerprint density at radius 3 is 1.90 bits per heavy atom. The van der Waals surface area contributed by atoms with E-state index in [4.69, 9.17) is 10.4 Å². The molecule has 61 heavy (non-hydrogen) atoms. The summed E-state index contributed by atoms with van der Waals surface area (Å²) in [5.74, 6) is 0.214. The predicted molar refractivity (Wildman–Crippen MR) is 259 cm³/mol. The van der Waals surface area contributed by atoms with Gasteiger partial charge < -0.3 is 4.57 Å². The van der Waals surface area contributed by atoms with E-state index in [1.807, 2.05) is 36.4 Å². The quantitative estimate of drug-likeness (QED) is 0.0725. The summed E-state index contributed by atoms with van der Waals surface area (Å²) in [4.78, 5) is 4.98. The number of hydrogen-bond donors (Lipinski definition) is 1. The average molecular weight is 778 g/mol. The zero-order valence-corrected chi connectivity index (χ0v) is 33.3. The van der Waals surface area contributed by atoms with Crippen molar-refractivity contribution in [3.05, 3.63) is 241 Å². The van der Waals surface area contributed by atoms with Crippen LogP contribution in [0, 0.1) is 5.41 Å². The number of fused-ring (bicyclic) bond motifs is 7. The molecule has 0 saturated heterocycles. The standard InChI is InChI=1S/C58H39N3/c59-58(41-17-3-1-4-18-41)60-54(45-31-34-56-53(38-45)50-27-11-12-28-55(50)61(56)47-23-5-2-6-24-47)33-29-39-15-13-20-42(35-39)43-21-14-22-46(36-43)57-49-26-10-8-19-44(49)37-52-48-25-9-7-16-40(48)30-32-51(52)57/h1-38,59H/b33-29+,59-58?,60-54?. The Morgan fingerprint density at radius 2 is 1.07 bits per heavy atom. The molecule has 1 aromatic heterocycles. The summed E-state index contributed by atoms with van der Waals surface area (Å²) in [7, 11) is 0. The largest absolute Gasteiger partial charge is 0.309 e. The van der Waals surface area contributed by atoms with Gasteiger partial charge in [-0.15, -0.1) is 0 Å². The van der Waals surface area contributed by atoms with Gasteiger partial charge >= 0.3 is 0 Å². The zero-order chi connectivity index (χ0) is 40.7. The Bertz CT molecular complexity index is 3540. The third-order valence-corrected chi connectivity index (χ3v) is 11.8. The zero-order valence-electron chi connectivity index (χ0n) is 33.3. The molecule has 1 heterocycles. The van der Waals surface area contributed by atoms with Gasteiger partial charge in [0.2, 0.25) is 0 Å². The summed E-state index contributed by atoms with van der Waals surface area (Å²) in [6.45, 7) is 0. The second-order valence-corrected chi connectivity index (χ2v) is 15.5. The maximum atomic E-state index is 9.06. The minimum Gasteiger partial charge on any atom is -0.309 e. The van der Waals surface area contributed by atoms with Gasteiger partial charge in [0, 0.05) is 27.6 Å². The number of aliphatic imine (C=N–C) groups is 1. The van der Waals surface area contributed by atoms with Crippen LogP contribution in [0.15, 0.2) is 229 Å². The van der Waals surface area contributed by atoms with E-state index < -0.39 is 0 Å². The fourth-order valence-corrected chi connectivity index (χ4v) is 8.95. The Balaban J connectivity index is 0.998. The topological polar surface area (TPSA) is 41.1 Å². The van der Waals surface area contributed by atoms with Crippen molar-refractivity contribution in [1.82, 2.24) is 4.57 Å². The Kier molecular flexibility index (Phi) is 8.98. The van der Waals surface area contributed by atoms with Gasteiger partial charge in [0.25, 0.3) is 0 Å². The first-order valence-electron chi connectivity index (χ1n) is 20.7. The van der Waals surface area contributed by atoms with Gasteiger partial charge in [-0.25, -0.2) is 4.99 Å². The van der Waals surface area contributed by atoms with E-state index in [1.165, 1.54) is 48.8 Å². The molecule has 11 aromatic rings. The molecule has 286 valence electrons.